The Morgan fingerprint density at radius 2 is 1.84 bits per heavy atom. The Morgan fingerprint density at radius 1 is 1.11 bits per heavy atom. The zero-order valence-electron chi connectivity index (χ0n) is 22.9. The first-order valence-electron chi connectivity index (χ1n) is 13.0. The maximum absolute atomic E-state index is 14.1. The second kappa shape index (κ2) is 12.1. The number of urea groups is 1. The molecule has 1 fully saturated rings. The fraction of sp³-hybridized carbons (Fsp3) is 0.308. The van der Waals surface area contributed by atoms with E-state index in [0.29, 0.717) is 36.2 Å². The van der Waals surface area contributed by atoms with Gasteiger partial charge < -0.3 is 21.1 Å². The summed E-state index contributed by atoms with van der Waals surface area (Å²) in [7, 11) is 1.97. The van der Waals surface area contributed by atoms with Gasteiger partial charge in [-0.2, -0.15) is 18.3 Å². The van der Waals surface area contributed by atoms with Crippen molar-refractivity contribution in [3.05, 3.63) is 53.6 Å². The molecule has 0 bridgehead atoms. The van der Waals surface area contributed by atoms with Crippen molar-refractivity contribution >= 4 is 51.1 Å². The van der Waals surface area contributed by atoms with Gasteiger partial charge >= 0.3 is 18.2 Å². The van der Waals surface area contributed by atoms with E-state index in [1.807, 2.05) is 17.3 Å². The topological polar surface area (TPSA) is 172 Å². The molecule has 0 aliphatic carbocycles. The number of thiazole rings is 1. The van der Waals surface area contributed by atoms with Crippen LogP contribution in [0.3, 0.4) is 0 Å². The number of amides is 3. The third-order valence-corrected chi connectivity index (χ3v) is 7.88. The van der Waals surface area contributed by atoms with E-state index in [2.05, 4.69) is 25.3 Å². The molecule has 3 amide bonds. The molecule has 0 saturated carbocycles. The van der Waals surface area contributed by atoms with Crippen LogP contribution in [0.1, 0.15) is 28.5 Å². The Balaban J connectivity index is 1.44. The molecule has 3 aromatic heterocycles. The first-order chi connectivity index (χ1) is 20.8. The summed E-state index contributed by atoms with van der Waals surface area (Å²) in [6.45, 7) is 2.69. The molecule has 1 atom stereocenters. The van der Waals surface area contributed by atoms with Gasteiger partial charge in [-0.1, -0.05) is 11.3 Å². The number of carbonyl (C=O) groups is 3. The van der Waals surface area contributed by atoms with Crippen molar-refractivity contribution in [3.8, 4) is 10.6 Å². The number of pyridine rings is 1. The van der Waals surface area contributed by atoms with Crippen LogP contribution >= 0.6 is 11.3 Å². The van der Waals surface area contributed by atoms with Gasteiger partial charge in [0.15, 0.2) is 10.8 Å². The molecule has 18 heteroatoms. The number of aromatic nitrogens is 4. The second-order valence-electron chi connectivity index (χ2n) is 9.98. The van der Waals surface area contributed by atoms with Crippen LogP contribution in [0.4, 0.5) is 33.2 Å². The third kappa shape index (κ3) is 6.61. The highest BCUT2D eigenvalue weighted by atomic mass is 32.1. The number of anilines is 2. The van der Waals surface area contributed by atoms with Gasteiger partial charge in [-0.05, 0) is 31.3 Å². The number of fused-ring (bicyclic) bond motifs is 1. The molecule has 0 spiro atoms. The molecular formula is C26H25F4N9O4S. The largest absolute Gasteiger partial charge is 0.478 e. The quantitative estimate of drug-likeness (QED) is 0.211. The van der Waals surface area contributed by atoms with Gasteiger partial charge in [0, 0.05) is 32.4 Å². The lowest BCUT2D eigenvalue weighted by molar-refractivity contribution is -0.137. The van der Waals surface area contributed by atoms with Crippen LogP contribution in [0.15, 0.2) is 36.7 Å². The standard InChI is InChI=1S/C26H25F4N9O4S/c1-37-4-6-38(7-5-37)21(10-20(31)40)39-22-15(11-33-39)14(23(41)42)9-18(34-22)19-12-32-25(44-19)36-24(43)35-17-8-13(26(28,29)30)2-3-16(17)27/h2-3,8-9,11-12,21H,4-7,10H2,1H3,(H2,31,40)(H,41,42)(H2,32,35,36,43). The number of piperazine rings is 1. The van der Waals surface area contributed by atoms with E-state index in [1.165, 1.54) is 23.1 Å². The predicted octanol–water partition coefficient (Wildman–Crippen LogP) is 3.68. The molecule has 1 aromatic carbocycles. The molecule has 4 heterocycles. The number of carboxylic acid groups (broad SMARTS) is 1. The number of carbonyl (C=O) groups excluding carboxylic acids is 2. The van der Waals surface area contributed by atoms with Crippen LogP contribution in [-0.2, 0) is 11.0 Å². The number of nitrogens with zero attached hydrogens (tertiary/aromatic N) is 6. The van der Waals surface area contributed by atoms with Crippen LogP contribution in [0.25, 0.3) is 21.6 Å². The smallest absolute Gasteiger partial charge is 0.416 e. The fourth-order valence-electron chi connectivity index (χ4n) is 4.71. The Labute approximate surface area is 250 Å². The molecule has 13 nitrogen and oxygen atoms in total. The Morgan fingerprint density at radius 3 is 2.50 bits per heavy atom. The summed E-state index contributed by atoms with van der Waals surface area (Å²) in [6.07, 6.45) is -2.79. The summed E-state index contributed by atoms with van der Waals surface area (Å²) in [4.78, 5) is 49.8. The van der Waals surface area contributed by atoms with E-state index in [9.17, 15) is 37.1 Å². The lowest BCUT2D eigenvalue weighted by atomic mass is 10.1. The second-order valence-corrected chi connectivity index (χ2v) is 11.0. The number of benzene rings is 1. The predicted molar refractivity (Wildman–Crippen MR) is 152 cm³/mol. The van der Waals surface area contributed by atoms with Gasteiger partial charge in [-0.15, -0.1) is 0 Å². The number of nitrogens with one attached hydrogen (secondary N) is 2. The van der Waals surface area contributed by atoms with E-state index in [0.717, 1.165) is 24.4 Å². The van der Waals surface area contributed by atoms with Gasteiger partial charge in [0.25, 0.3) is 0 Å². The van der Waals surface area contributed by atoms with E-state index >= 15 is 0 Å². The summed E-state index contributed by atoms with van der Waals surface area (Å²) in [5.41, 5.74) is 3.96. The first kappa shape index (κ1) is 30.8. The number of aromatic carboxylic acids is 1. The van der Waals surface area contributed by atoms with E-state index in [-0.39, 0.29) is 33.8 Å². The minimum atomic E-state index is -4.74. The molecular weight excluding hydrogens is 610 g/mol. The molecule has 1 unspecified atom stereocenters. The monoisotopic (exact) mass is 635 g/mol. The number of halogens is 4. The van der Waals surface area contributed by atoms with Gasteiger partial charge in [-0.25, -0.2) is 28.6 Å². The average Bonchev–Trinajstić information content (AvgIpc) is 3.59. The van der Waals surface area contributed by atoms with Crippen molar-refractivity contribution in [2.45, 2.75) is 18.8 Å². The van der Waals surface area contributed by atoms with E-state index in [1.54, 1.807) is 0 Å². The summed E-state index contributed by atoms with van der Waals surface area (Å²) < 4.78 is 54.5. The lowest BCUT2D eigenvalue weighted by Crippen LogP contribution is -2.48. The first-order valence-corrected chi connectivity index (χ1v) is 13.8. The van der Waals surface area contributed by atoms with Crippen molar-refractivity contribution in [3.63, 3.8) is 0 Å². The number of rotatable bonds is 8. The lowest BCUT2D eigenvalue weighted by Gasteiger charge is -2.37. The number of likely N-dealkylation sites (N-methyl/N-ethyl adjacent to an activating group) is 1. The minimum Gasteiger partial charge on any atom is -0.478 e. The van der Waals surface area contributed by atoms with Crippen LogP contribution in [0.2, 0.25) is 0 Å². The van der Waals surface area contributed by atoms with Crippen molar-refractivity contribution in [2.75, 3.05) is 43.9 Å². The molecule has 4 aromatic rings. The number of primary amides is 1. The van der Waals surface area contributed by atoms with Crippen molar-refractivity contribution in [2.24, 2.45) is 5.73 Å². The third-order valence-electron chi connectivity index (χ3n) is 6.94. The number of hydrogen-bond donors (Lipinski definition) is 4. The van der Waals surface area contributed by atoms with Crippen molar-refractivity contribution < 1.29 is 37.1 Å². The average molecular weight is 636 g/mol. The minimum absolute atomic E-state index is 0.0267. The summed E-state index contributed by atoms with van der Waals surface area (Å²) >= 11 is 0.889. The van der Waals surface area contributed by atoms with Crippen molar-refractivity contribution in [1.29, 1.82) is 0 Å². The molecule has 1 saturated heterocycles. The molecule has 44 heavy (non-hydrogen) atoms. The maximum Gasteiger partial charge on any atom is 0.416 e. The van der Waals surface area contributed by atoms with Gasteiger partial charge in [0.05, 0.1) is 45.4 Å². The Kier molecular flexibility index (Phi) is 8.49. The van der Waals surface area contributed by atoms with Gasteiger partial charge in [0.1, 0.15) is 12.0 Å². The number of alkyl halides is 3. The zero-order valence-corrected chi connectivity index (χ0v) is 23.7. The number of nitrogens with two attached hydrogens (primary N) is 1. The number of hydrogen-bond acceptors (Lipinski definition) is 9. The Hall–Kier alpha value is -4.68. The van der Waals surface area contributed by atoms with Crippen LogP contribution < -0.4 is 16.4 Å². The highest BCUT2D eigenvalue weighted by molar-refractivity contribution is 7.19. The molecule has 5 rings (SSSR count). The molecule has 1 aliphatic rings. The Bertz CT molecular complexity index is 1730. The van der Waals surface area contributed by atoms with Crippen LogP contribution in [0, 0.1) is 5.82 Å². The summed E-state index contributed by atoms with van der Waals surface area (Å²) in [6, 6.07) is 1.85. The highest BCUT2D eigenvalue weighted by Crippen LogP contribution is 2.34. The molecule has 0 radical (unpaired) electrons. The SMILES string of the molecule is CN1CCN(C(CC(N)=O)n2ncc3c(C(=O)O)cc(-c4cnc(NC(=O)Nc5cc(C(F)(F)F)ccc5F)s4)nc32)CC1. The molecule has 232 valence electrons. The van der Waals surface area contributed by atoms with Crippen molar-refractivity contribution in [1.82, 2.24) is 29.5 Å². The maximum atomic E-state index is 14.1. The van der Waals surface area contributed by atoms with E-state index < -0.39 is 47.3 Å². The number of carboxylic acids is 1. The van der Waals surface area contributed by atoms with Gasteiger partial charge in [0.2, 0.25) is 5.91 Å². The summed E-state index contributed by atoms with van der Waals surface area (Å²) in [5.74, 6) is -2.90. The highest BCUT2D eigenvalue weighted by Gasteiger charge is 2.32. The molecule has 5 N–H and O–H groups in total. The zero-order chi connectivity index (χ0) is 31.8. The van der Waals surface area contributed by atoms with E-state index in [4.69, 9.17) is 5.73 Å². The van der Waals surface area contributed by atoms with Gasteiger partial charge in [-0.3, -0.25) is 15.0 Å². The molecule has 1 aliphatic heterocycles. The van der Waals surface area contributed by atoms with Crippen LogP contribution in [-0.4, -0.2) is 85.8 Å². The fourth-order valence-corrected chi connectivity index (χ4v) is 5.48. The summed E-state index contributed by atoms with van der Waals surface area (Å²) in [5, 5.41) is 18.9. The van der Waals surface area contributed by atoms with Crippen LogP contribution in [0.5, 0.6) is 0 Å². The normalized spacial score (nSPS) is 15.3.